The van der Waals surface area contributed by atoms with E-state index >= 15 is 0 Å². The summed E-state index contributed by atoms with van der Waals surface area (Å²) in [7, 11) is -1.31. The molecule has 1 radical (unpaired) electrons. The molecule has 139 valence electrons. The van der Waals surface area contributed by atoms with Gasteiger partial charge in [0, 0.05) is 11.1 Å². The first-order valence-corrected chi connectivity index (χ1v) is 10.6. The molecule has 0 heterocycles. The fraction of sp³-hybridized carbons (Fsp3) is 0.588. The molecule has 0 saturated carbocycles. The van der Waals surface area contributed by atoms with Crippen molar-refractivity contribution in [3.8, 4) is 11.5 Å². The predicted molar refractivity (Wildman–Crippen MR) is 97.2 cm³/mol. The van der Waals surface area contributed by atoms with Crippen LogP contribution >= 0.6 is 0 Å². The van der Waals surface area contributed by atoms with Crippen molar-refractivity contribution in [1.29, 1.82) is 0 Å². The number of benzene rings is 1. The molecular formula is C17H26NO6Si. The van der Waals surface area contributed by atoms with E-state index in [9.17, 15) is 14.9 Å². The van der Waals surface area contributed by atoms with Crippen LogP contribution in [0.3, 0.4) is 0 Å². The first-order valence-electron chi connectivity index (χ1n) is 8.22. The van der Waals surface area contributed by atoms with Gasteiger partial charge < -0.3 is 14.3 Å². The number of aryl methyl sites for hydroxylation is 1. The van der Waals surface area contributed by atoms with E-state index in [4.69, 9.17) is 14.3 Å². The highest BCUT2D eigenvalue weighted by Crippen LogP contribution is 2.47. The maximum absolute atomic E-state index is 11.8. The van der Waals surface area contributed by atoms with Gasteiger partial charge in [0.15, 0.2) is 5.75 Å². The summed E-state index contributed by atoms with van der Waals surface area (Å²) in [5, 5.41) is 20.9. The number of nitrogens with zero attached hydrogens (tertiary/aromatic N) is 1. The summed E-state index contributed by atoms with van der Waals surface area (Å²) in [6, 6.07) is 1.48. The zero-order valence-corrected chi connectivity index (χ0v) is 16.6. The van der Waals surface area contributed by atoms with Gasteiger partial charge in [-0.25, -0.2) is 4.79 Å². The Kier molecular flexibility index (Phi) is 6.98. The Bertz CT molecular complexity index is 652. The van der Waals surface area contributed by atoms with E-state index in [1.807, 2.05) is 40.8 Å². The predicted octanol–water partition coefficient (Wildman–Crippen LogP) is 4.92. The molecule has 1 rings (SSSR count). The zero-order valence-electron chi connectivity index (χ0n) is 15.6. The summed E-state index contributed by atoms with van der Waals surface area (Å²) >= 11 is 0. The number of carbonyl (C=O) groups is 1. The standard InChI is InChI=1S/C17H26NO6Si/c1-7-8-9-11-10-12(23-16(19)20)13(17(2,3)4)15(24-25(5)6)14(11)18(21)22/h10H,7-9H2,1-6H3,(H,19,20). The molecule has 0 unspecified atom stereocenters. The lowest BCUT2D eigenvalue weighted by Gasteiger charge is -2.26. The summed E-state index contributed by atoms with van der Waals surface area (Å²) in [5.41, 5.74) is 0.176. The zero-order chi connectivity index (χ0) is 19.4. The second-order valence-corrected chi connectivity index (χ2v) is 9.10. The molecule has 0 saturated heterocycles. The molecule has 0 aliphatic rings. The summed E-state index contributed by atoms with van der Waals surface area (Å²) in [4.78, 5) is 22.5. The van der Waals surface area contributed by atoms with Crippen molar-refractivity contribution in [2.45, 2.75) is 65.5 Å². The lowest BCUT2D eigenvalue weighted by Crippen LogP contribution is -2.22. The Morgan fingerprint density at radius 1 is 1.36 bits per heavy atom. The lowest BCUT2D eigenvalue weighted by molar-refractivity contribution is -0.386. The highest BCUT2D eigenvalue weighted by atomic mass is 28.3. The number of hydrogen-bond acceptors (Lipinski definition) is 5. The van der Waals surface area contributed by atoms with Crippen molar-refractivity contribution in [2.24, 2.45) is 0 Å². The van der Waals surface area contributed by atoms with Crippen LogP contribution < -0.4 is 9.16 Å². The van der Waals surface area contributed by atoms with Crippen molar-refractivity contribution in [1.82, 2.24) is 0 Å². The number of ether oxygens (including phenoxy) is 1. The average Bonchev–Trinajstić information content (AvgIpc) is 2.41. The molecule has 25 heavy (non-hydrogen) atoms. The molecule has 0 fully saturated rings. The molecule has 1 aromatic rings. The summed E-state index contributed by atoms with van der Waals surface area (Å²) < 4.78 is 10.9. The topological polar surface area (TPSA) is 98.9 Å². The van der Waals surface area contributed by atoms with Gasteiger partial charge in [0.2, 0.25) is 0 Å². The second kappa shape index (κ2) is 8.33. The largest absolute Gasteiger partial charge is 0.538 e. The van der Waals surface area contributed by atoms with Crippen LogP contribution in [-0.4, -0.2) is 25.2 Å². The van der Waals surface area contributed by atoms with Gasteiger partial charge in [0.05, 0.1) is 4.92 Å². The van der Waals surface area contributed by atoms with Crippen molar-refractivity contribution < 1.29 is 24.0 Å². The van der Waals surface area contributed by atoms with E-state index in [0.717, 1.165) is 12.8 Å². The summed E-state index contributed by atoms with van der Waals surface area (Å²) in [6.07, 6.45) is 0.613. The monoisotopic (exact) mass is 368 g/mol. The van der Waals surface area contributed by atoms with Gasteiger partial charge >= 0.3 is 11.8 Å². The van der Waals surface area contributed by atoms with Crippen LogP contribution in [-0.2, 0) is 11.8 Å². The fourth-order valence-corrected chi connectivity index (χ4v) is 3.23. The molecule has 0 aliphatic heterocycles. The molecule has 0 amide bonds. The third-order valence-electron chi connectivity index (χ3n) is 3.53. The smallest absolute Gasteiger partial charge is 0.511 e. The van der Waals surface area contributed by atoms with E-state index in [0.29, 0.717) is 17.5 Å². The van der Waals surface area contributed by atoms with Crippen LogP contribution in [0.1, 0.15) is 51.7 Å². The van der Waals surface area contributed by atoms with Gasteiger partial charge in [-0.15, -0.1) is 0 Å². The van der Waals surface area contributed by atoms with Crippen molar-refractivity contribution >= 4 is 20.9 Å². The third-order valence-corrected chi connectivity index (χ3v) is 4.15. The number of nitro benzene ring substituents is 1. The number of unbranched alkanes of at least 4 members (excludes halogenated alkanes) is 1. The maximum Gasteiger partial charge on any atom is 0.511 e. The first-order chi connectivity index (χ1) is 11.5. The number of rotatable bonds is 7. The molecule has 0 spiro atoms. The van der Waals surface area contributed by atoms with E-state index in [1.54, 1.807) is 0 Å². The fourth-order valence-electron chi connectivity index (χ4n) is 2.62. The minimum absolute atomic E-state index is 0.0812. The first kappa shape index (κ1) is 21.0. The van der Waals surface area contributed by atoms with E-state index in [2.05, 4.69) is 0 Å². The quantitative estimate of drug-likeness (QED) is 0.241. The van der Waals surface area contributed by atoms with Crippen LogP contribution in [0.5, 0.6) is 11.5 Å². The lowest BCUT2D eigenvalue weighted by atomic mass is 9.84. The van der Waals surface area contributed by atoms with Gasteiger partial charge in [-0.05, 0) is 37.4 Å². The molecule has 1 aromatic carbocycles. The number of hydrogen-bond donors (Lipinski definition) is 1. The molecule has 0 aliphatic carbocycles. The van der Waals surface area contributed by atoms with Crippen LogP contribution in [0, 0.1) is 10.1 Å². The highest BCUT2D eigenvalue weighted by molar-refractivity contribution is 6.49. The minimum Gasteiger partial charge on any atom is -0.538 e. The molecule has 7 nitrogen and oxygen atoms in total. The highest BCUT2D eigenvalue weighted by Gasteiger charge is 2.35. The number of carboxylic acid groups (broad SMARTS) is 1. The van der Waals surface area contributed by atoms with Crippen molar-refractivity contribution in [2.75, 3.05) is 0 Å². The Labute approximate surface area is 149 Å². The van der Waals surface area contributed by atoms with Gasteiger partial charge in [-0.3, -0.25) is 10.1 Å². The van der Waals surface area contributed by atoms with Crippen LogP contribution in [0.4, 0.5) is 10.5 Å². The minimum atomic E-state index is -1.45. The van der Waals surface area contributed by atoms with Crippen molar-refractivity contribution in [3.05, 3.63) is 27.3 Å². The molecule has 1 N–H and O–H groups in total. The Hall–Kier alpha value is -2.09. The Morgan fingerprint density at radius 2 is 1.96 bits per heavy atom. The van der Waals surface area contributed by atoms with Crippen LogP contribution in [0.25, 0.3) is 0 Å². The molecule has 0 bridgehead atoms. The average molecular weight is 368 g/mol. The van der Waals surface area contributed by atoms with E-state index < -0.39 is 25.5 Å². The van der Waals surface area contributed by atoms with Gasteiger partial charge in [-0.1, -0.05) is 34.1 Å². The second-order valence-electron chi connectivity index (χ2n) is 7.08. The van der Waals surface area contributed by atoms with Crippen LogP contribution in [0.2, 0.25) is 13.1 Å². The summed E-state index contributed by atoms with van der Waals surface area (Å²) in [5.74, 6) is 0.246. The Balaban J connectivity index is 3.83. The van der Waals surface area contributed by atoms with E-state index in [1.165, 1.54) is 6.07 Å². The van der Waals surface area contributed by atoms with Gasteiger partial charge in [0.1, 0.15) is 5.75 Å². The Morgan fingerprint density at radius 3 is 2.36 bits per heavy atom. The molecule has 0 atom stereocenters. The normalized spacial score (nSPS) is 11.5. The van der Waals surface area contributed by atoms with Gasteiger partial charge in [0.25, 0.3) is 9.04 Å². The third kappa shape index (κ3) is 5.45. The molecule has 0 aromatic heterocycles. The van der Waals surface area contributed by atoms with Crippen LogP contribution in [0.15, 0.2) is 6.07 Å². The summed E-state index contributed by atoms with van der Waals surface area (Å²) in [6.45, 7) is 11.3. The van der Waals surface area contributed by atoms with Crippen molar-refractivity contribution in [3.63, 3.8) is 0 Å². The molecular weight excluding hydrogens is 342 g/mol. The number of nitro groups is 1. The van der Waals surface area contributed by atoms with Gasteiger partial charge in [-0.2, -0.15) is 0 Å². The van der Waals surface area contributed by atoms with E-state index in [-0.39, 0.29) is 17.2 Å². The molecule has 8 heteroatoms. The maximum atomic E-state index is 11.8. The SMILES string of the molecule is CCCCc1cc(OC(=O)O)c(C(C)(C)C)c(O[Si](C)C)c1[N+](=O)[O-].